The molecule has 0 saturated carbocycles. The molecule has 0 aliphatic carbocycles. The molecule has 3 aromatic rings. The van der Waals surface area contributed by atoms with E-state index >= 15 is 0 Å². The van der Waals surface area contributed by atoms with Gasteiger partial charge in [-0.1, -0.05) is 38.4 Å². The molecule has 0 amide bonds. The van der Waals surface area contributed by atoms with Crippen LogP contribution in [0.15, 0.2) is 36.4 Å². The first-order chi connectivity index (χ1) is 14.0. The second-order valence-electron chi connectivity index (χ2n) is 7.98. The Labute approximate surface area is 180 Å². The van der Waals surface area contributed by atoms with Crippen molar-refractivity contribution in [3.8, 4) is 0 Å². The summed E-state index contributed by atoms with van der Waals surface area (Å²) in [5.74, 6) is 0. The smallest absolute Gasteiger partial charge is 0.0745 e. The van der Waals surface area contributed by atoms with Crippen molar-refractivity contribution in [2.24, 2.45) is 0 Å². The van der Waals surface area contributed by atoms with Crippen molar-refractivity contribution < 1.29 is 0 Å². The number of benzene rings is 2. The Morgan fingerprint density at radius 2 is 1.83 bits per heavy atom. The monoisotopic (exact) mass is 411 g/mol. The summed E-state index contributed by atoms with van der Waals surface area (Å²) in [5, 5.41) is 6.89. The molecule has 1 unspecified atom stereocenters. The maximum absolute atomic E-state index is 6.25. The molecule has 0 radical (unpaired) electrons. The van der Waals surface area contributed by atoms with E-state index in [1.54, 1.807) is 0 Å². The largest absolute Gasteiger partial charge is 0.381 e. The topological polar surface area (TPSA) is 28.2 Å². The van der Waals surface area contributed by atoms with Crippen LogP contribution in [-0.2, 0) is 6.42 Å². The molecule has 2 aromatic carbocycles. The number of hydrogen-bond acceptors (Lipinski definition) is 3. The average molecular weight is 412 g/mol. The Morgan fingerprint density at radius 3 is 2.55 bits per heavy atom. The molecule has 1 N–H and O–H groups in total. The number of aryl methyl sites for hydroxylation is 1. The zero-order valence-electron chi connectivity index (χ0n) is 18.3. The van der Waals surface area contributed by atoms with Gasteiger partial charge in [-0.3, -0.25) is 0 Å². The number of pyridine rings is 1. The van der Waals surface area contributed by atoms with Gasteiger partial charge in [-0.2, -0.15) is 0 Å². The molecule has 4 heteroatoms. The number of halogens is 1. The zero-order valence-corrected chi connectivity index (χ0v) is 19.0. The van der Waals surface area contributed by atoms with Crippen LogP contribution in [0.1, 0.15) is 52.5 Å². The molecule has 1 atom stereocenters. The number of hydrogen-bond donors (Lipinski definition) is 1. The minimum absolute atomic E-state index is 0.394. The lowest BCUT2D eigenvalue weighted by Gasteiger charge is -2.22. The lowest BCUT2D eigenvalue weighted by Crippen LogP contribution is -2.26. The lowest BCUT2D eigenvalue weighted by atomic mass is 10.0. The van der Waals surface area contributed by atoms with Crippen molar-refractivity contribution >= 4 is 39.1 Å². The molecular formula is C25H34ClN3. The first kappa shape index (κ1) is 21.9. The summed E-state index contributed by atoms with van der Waals surface area (Å²) in [7, 11) is 0. The molecule has 3 rings (SSSR count). The molecule has 0 spiro atoms. The van der Waals surface area contributed by atoms with Crippen molar-refractivity contribution in [2.75, 3.05) is 25.0 Å². The van der Waals surface area contributed by atoms with Crippen molar-refractivity contribution in [2.45, 2.75) is 59.4 Å². The highest BCUT2D eigenvalue weighted by atomic mass is 35.5. The summed E-state index contributed by atoms with van der Waals surface area (Å²) >= 11 is 6.25. The first-order valence-electron chi connectivity index (χ1n) is 11.1. The predicted molar refractivity (Wildman–Crippen MR) is 128 cm³/mol. The zero-order chi connectivity index (χ0) is 20.8. The van der Waals surface area contributed by atoms with Gasteiger partial charge in [-0.25, -0.2) is 4.98 Å². The maximum atomic E-state index is 6.25. The standard InChI is InChI=1S/C25H34ClN3/c1-5-14-29(7-3)15-8-9-18(4)27-25-21-12-11-20(26)17-24(21)28-23-13-10-19(6-2)16-22(23)25/h10-13,16-18H,5-9,14-15H2,1-4H3,(H,27,28). The van der Waals surface area contributed by atoms with E-state index in [1.165, 1.54) is 42.6 Å². The minimum Gasteiger partial charge on any atom is -0.381 e. The van der Waals surface area contributed by atoms with Crippen molar-refractivity contribution in [3.05, 3.63) is 47.0 Å². The van der Waals surface area contributed by atoms with Crippen molar-refractivity contribution in [1.29, 1.82) is 0 Å². The van der Waals surface area contributed by atoms with Crippen LogP contribution in [0.25, 0.3) is 21.8 Å². The summed E-state index contributed by atoms with van der Waals surface area (Å²) in [5.41, 5.74) is 4.49. The van der Waals surface area contributed by atoms with E-state index in [4.69, 9.17) is 16.6 Å². The summed E-state index contributed by atoms with van der Waals surface area (Å²) in [6.07, 6.45) is 4.59. The van der Waals surface area contributed by atoms with Gasteiger partial charge in [0.25, 0.3) is 0 Å². The molecule has 0 aliphatic rings. The van der Waals surface area contributed by atoms with Crippen LogP contribution >= 0.6 is 11.6 Å². The molecule has 0 saturated heterocycles. The Balaban J connectivity index is 1.87. The van der Waals surface area contributed by atoms with Gasteiger partial charge in [-0.15, -0.1) is 0 Å². The van der Waals surface area contributed by atoms with E-state index in [-0.39, 0.29) is 0 Å². The minimum atomic E-state index is 0.394. The van der Waals surface area contributed by atoms with Crippen LogP contribution in [0.5, 0.6) is 0 Å². The van der Waals surface area contributed by atoms with Gasteiger partial charge in [-0.05, 0) is 88.1 Å². The van der Waals surface area contributed by atoms with Gasteiger partial charge in [0.15, 0.2) is 0 Å². The lowest BCUT2D eigenvalue weighted by molar-refractivity contribution is 0.281. The highest BCUT2D eigenvalue weighted by molar-refractivity contribution is 6.31. The Morgan fingerprint density at radius 1 is 1.00 bits per heavy atom. The van der Waals surface area contributed by atoms with Gasteiger partial charge in [0.2, 0.25) is 0 Å². The molecule has 29 heavy (non-hydrogen) atoms. The third kappa shape index (κ3) is 5.40. The van der Waals surface area contributed by atoms with E-state index in [1.807, 2.05) is 12.1 Å². The van der Waals surface area contributed by atoms with Gasteiger partial charge in [0, 0.05) is 21.8 Å². The number of fused-ring (bicyclic) bond motifs is 2. The van der Waals surface area contributed by atoms with Crippen LogP contribution in [0.4, 0.5) is 5.69 Å². The van der Waals surface area contributed by atoms with Crippen LogP contribution in [-0.4, -0.2) is 35.6 Å². The van der Waals surface area contributed by atoms with E-state index < -0.39 is 0 Å². The highest BCUT2D eigenvalue weighted by Crippen LogP contribution is 2.33. The Hall–Kier alpha value is -1.84. The molecule has 0 bridgehead atoms. The molecular weight excluding hydrogens is 378 g/mol. The van der Waals surface area contributed by atoms with Crippen molar-refractivity contribution in [1.82, 2.24) is 9.88 Å². The summed E-state index contributed by atoms with van der Waals surface area (Å²) < 4.78 is 0. The molecule has 1 aromatic heterocycles. The van der Waals surface area contributed by atoms with Crippen molar-refractivity contribution in [3.63, 3.8) is 0 Å². The fourth-order valence-electron chi connectivity index (χ4n) is 4.02. The molecule has 0 aliphatic heterocycles. The van der Waals surface area contributed by atoms with Gasteiger partial charge >= 0.3 is 0 Å². The fourth-order valence-corrected chi connectivity index (χ4v) is 4.19. The SMILES string of the molecule is CCCN(CC)CCCC(C)Nc1c2ccc(Cl)cc2nc2ccc(CC)cc12. The van der Waals surface area contributed by atoms with E-state index in [0.29, 0.717) is 6.04 Å². The predicted octanol–water partition coefficient (Wildman–Crippen LogP) is 6.92. The van der Waals surface area contributed by atoms with E-state index in [2.05, 4.69) is 62.2 Å². The van der Waals surface area contributed by atoms with Crippen LogP contribution in [0, 0.1) is 0 Å². The third-order valence-electron chi connectivity index (χ3n) is 5.70. The van der Waals surface area contributed by atoms with E-state index in [9.17, 15) is 0 Å². The Kier molecular flexibility index (Phi) is 7.74. The Bertz CT molecular complexity index is 954. The molecule has 3 nitrogen and oxygen atoms in total. The highest BCUT2D eigenvalue weighted by Gasteiger charge is 2.13. The summed E-state index contributed by atoms with van der Waals surface area (Å²) in [6, 6.07) is 13.0. The number of aromatic nitrogens is 1. The number of nitrogens with one attached hydrogen (secondary N) is 1. The quantitative estimate of drug-likeness (QED) is 0.367. The summed E-state index contributed by atoms with van der Waals surface area (Å²) in [6.45, 7) is 12.5. The fraction of sp³-hybridized carbons (Fsp3) is 0.480. The van der Waals surface area contributed by atoms with Gasteiger partial charge < -0.3 is 10.2 Å². The average Bonchev–Trinajstić information content (AvgIpc) is 2.72. The second kappa shape index (κ2) is 10.3. The third-order valence-corrected chi connectivity index (χ3v) is 5.93. The maximum Gasteiger partial charge on any atom is 0.0745 e. The summed E-state index contributed by atoms with van der Waals surface area (Å²) in [4.78, 5) is 7.41. The number of rotatable bonds is 10. The normalized spacial score (nSPS) is 12.8. The molecule has 1 heterocycles. The number of nitrogens with zero attached hydrogens (tertiary/aromatic N) is 2. The first-order valence-corrected chi connectivity index (χ1v) is 11.4. The number of anilines is 1. The van der Waals surface area contributed by atoms with Crippen LogP contribution < -0.4 is 5.32 Å². The molecule has 156 valence electrons. The second-order valence-corrected chi connectivity index (χ2v) is 8.41. The molecule has 0 fully saturated rings. The van der Waals surface area contributed by atoms with Crippen LogP contribution in [0.2, 0.25) is 5.02 Å². The van der Waals surface area contributed by atoms with Gasteiger partial charge in [0.05, 0.1) is 16.7 Å². The van der Waals surface area contributed by atoms with Gasteiger partial charge in [0.1, 0.15) is 0 Å². The van der Waals surface area contributed by atoms with Crippen LogP contribution in [0.3, 0.4) is 0 Å². The van der Waals surface area contributed by atoms with E-state index in [0.717, 1.165) is 40.8 Å².